The molecule has 1 aromatic rings. The molecule has 0 saturated carbocycles. The molecule has 1 saturated heterocycles. The summed E-state index contributed by atoms with van der Waals surface area (Å²) in [7, 11) is 1.79. The summed E-state index contributed by atoms with van der Waals surface area (Å²) >= 11 is 0. The molecule has 1 heterocycles. The largest absolute Gasteiger partial charge is 0.481 e. The number of ether oxygens (including phenoxy) is 1. The van der Waals surface area contributed by atoms with E-state index >= 15 is 0 Å². The van der Waals surface area contributed by atoms with Gasteiger partial charge in [-0.05, 0) is 37.0 Å². The predicted molar refractivity (Wildman–Crippen MR) is 74.4 cm³/mol. The quantitative estimate of drug-likeness (QED) is 0.661. The highest BCUT2D eigenvalue weighted by Gasteiger charge is 2.31. The Morgan fingerprint density at radius 3 is 2.95 bits per heavy atom. The number of aryl methyl sites for hydroxylation is 1. The number of carbonyl (C=O) groups excluding carboxylic acids is 1. The zero-order valence-corrected chi connectivity index (χ0v) is 11.5. The third-order valence-corrected chi connectivity index (χ3v) is 4.03. The van der Waals surface area contributed by atoms with E-state index < -0.39 is 6.10 Å². The number of oxime groups is 1. The molecule has 1 amide bonds. The van der Waals surface area contributed by atoms with Crippen molar-refractivity contribution in [2.24, 2.45) is 5.16 Å². The van der Waals surface area contributed by atoms with Gasteiger partial charge in [0.2, 0.25) is 0 Å². The Balaban J connectivity index is 1.83. The second-order valence-electron chi connectivity index (χ2n) is 5.37. The average molecular weight is 274 g/mol. The number of rotatable bonds is 2. The van der Waals surface area contributed by atoms with Crippen LogP contribution in [0, 0.1) is 0 Å². The molecule has 1 aromatic carbocycles. The van der Waals surface area contributed by atoms with Gasteiger partial charge >= 0.3 is 0 Å². The van der Waals surface area contributed by atoms with Crippen LogP contribution in [0.25, 0.3) is 0 Å². The van der Waals surface area contributed by atoms with E-state index in [-0.39, 0.29) is 5.91 Å². The van der Waals surface area contributed by atoms with Crippen LogP contribution in [0.2, 0.25) is 0 Å². The Morgan fingerprint density at radius 1 is 1.40 bits per heavy atom. The molecule has 1 N–H and O–H groups in total. The van der Waals surface area contributed by atoms with Crippen molar-refractivity contribution < 1.29 is 14.7 Å². The van der Waals surface area contributed by atoms with Gasteiger partial charge in [0.05, 0.1) is 5.71 Å². The molecule has 1 fully saturated rings. The minimum absolute atomic E-state index is 0.0266. The molecular formula is C15H18N2O3. The Labute approximate surface area is 117 Å². The topological polar surface area (TPSA) is 62.1 Å². The highest BCUT2D eigenvalue weighted by atomic mass is 16.5. The molecule has 1 aliphatic carbocycles. The van der Waals surface area contributed by atoms with E-state index in [9.17, 15) is 4.79 Å². The first-order valence-corrected chi connectivity index (χ1v) is 6.95. The maximum atomic E-state index is 11.9. The second-order valence-corrected chi connectivity index (χ2v) is 5.37. The van der Waals surface area contributed by atoms with Gasteiger partial charge in [-0.3, -0.25) is 4.79 Å². The lowest BCUT2D eigenvalue weighted by Crippen LogP contribution is -2.29. The van der Waals surface area contributed by atoms with Crippen LogP contribution in [0.3, 0.4) is 0 Å². The van der Waals surface area contributed by atoms with Crippen LogP contribution in [0.4, 0.5) is 0 Å². The number of benzene rings is 1. The van der Waals surface area contributed by atoms with Crippen LogP contribution in [-0.2, 0) is 11.2 Å². The number of hydrogen-bond acceptors (Lipinski definition) is 4. The van der Waals surface area contributed by atoms with Crippen LogP contribution in [0.1, 0.15) is 30.4 Å². The van der Waals surface area contributed by atoms with E-state index in [1.807, 2.05) is 18.2 Å². The van der Waals surface area contributed by atoms with Crippen LogP contribution in [0.15, 0.2) is 23.4 Å². The van der Waals surface area contributed by atoms with Gasteiger partial charge < -0.3 is 14.8 Å². The number of carbonyl (C=O) groups is 1. The molecule has 3 rings (SSSR count). The molecule has 1 atom stereocenters. The molecule has 5 nitrogen and oxygen atoms in total. The highest BCUT2D eigenvalue weighted by Crippen LogP contribution is 2.27. The minimum atomic E-state index is -0.392. The molecule has 1 aliphatic heterocycles. The summed E-state index contributed by atoms with van der Waals surface area (Å²) in [5, 5.41) is 12.5. The Bertz CT molecular complexity index is 568. The van der Waals surface area contributed by atoms with E-state index in [2.05, 4.69) is 5.16 Å². The van der Waals surface area contributed by atoms with E-state index in [0.29, 0.717) is 17.9 Å². The number of likely N-dealkylation sites (N-methyl/N-ethyl adjacent to an activating group) is 1. The molecule has 106 valence electrons. The van der Waals surface area contributed by atoms with Crippen molar-refractivity contribution in [2.45, 2.75) is 31.8 Å². The standard InChI is InChI=1S/C15H18N2O3/c1-17-8-7-14(15(17)18)20-11-6-5-10-3-2-4-13(16-19)12(10)9-11/h5-6,9,14,19H,2-4,7-8H2,1H3/b16-13-. The van der Waals surface area contributed by atoms with Crippen molar-refractivity contribution in [1.29, 1.82) is 0 Å². The third-order valence-electron chi connectivity index (χ3n) is 4.03. The van der Waals surface area contributed by atoms with E-state index in [1.165, 1.54) is 5.56 Å². The van der Waals surface area contributed by atoms with Crippen molar-refractivity contribution >= 4 is 11.6 Å². The van der Waals surface area contributed by atoms with Crippen LogP contribution >= 0.6 is 0 Å². The monoisotopic (exact) mass is 274 g/mol. The van der Waals surface area contributed by atoms with Crippen LogP contribution < -0.4 is 4.74 Å². The first-order chi connectivity index (χ1) is 9.69. The number of likely N-dealkylation sites (tertiary alicyclic amines) is 1. The minimum Gasteiger partial charge on any atom is -0.481 e. The maximum absolute atomic E-state index is 11.9. The fraction of sp³-hybridized carbons (Fsp3) is 0.467. The Hall–Kier alpha value is -2.04. The fourth-order valence-corrected chi connectivity index (χ4v) is 2.86. The molecule has 1 unspecified atom stereocenters. The molecule has 20 heavy (non-hydrogen) atoms. The van der Waals surface area contributed by atoms with Crippen molar-refractivity contribution in [3.05, 3.63) is 29.3 Å². The molecular weight excluding hydrogens is 256 g/mol. The SMILES string of the molecule is CN1CCC(Oc2ccc3c(c2)/C(=N\O)CCC3)C1=O. The predicted octanol–water partition coefficient (Wildman–Crippen LogP) is 1.81. The second kappa shape index (κ2) is 5.15. The summed E-state index contributed by atoms with van der Waals surface area (Å²) in [6.45, 7) is 0.734. The van der Waals surface area contributed by atoms with E-state index in [0.717, 1.165) is 31.4 Å². The lowest BCUT2D eigenvalue weighted by Gasteiger charge is -2.19. The first kappa shape index (κ1) is 13.0. The number of amides is 1. The van der Waals surface area contributed by atoms with Gasteiger partial charge in [0.15, 0.2) is 6.10 Å². The van der Waals surface area contributed by atoms with Crippen LogP contribution in [-0.4, -0.2) is 41.4 Å². The molecule has 0 aromatic heterocycles. The van der Waals surface area contributed by atoms with E-state index in [1.54, 1.807) is 11.9 Å². The van der Waals surface area contributed by atoms with Gasteiger partial charge in [-0.25, -0.2) is 0 Å². The Kier molecular flexibility index (Phi) is 3.34. The zero-order valence-electron chi connectivity index (χ0n) is 11.5. The normalized spacial score (nSPS) is 24.1. The highest BCUT2D eigenvalue weighted by molar-refractivity contribution is 6.02. The first-order valence-electron chi connectivity index (χ1n) is 6.95. The van der Waals surface area contributed by atoms with Crippen molar-refractivity contribution in [3.8, 4) is 5.75 Å². The lowest BCUT2D eigenvalue weighted by atomic mass is 9.90. The van der Waals surface area contributed by atoms with Gasteiger partial charge in [0.25, 0.3) is 5.91 Å². The molecule has 0 radical (unpaired) electrons. The summed E-state index contributed by atoms with van der Waals surface area (Å²) in [6.07, 6.45) is 3.08. The molecule has 0 spiro atoms. The third kappa shape index (κ3) is 2.24. The molecule has 2 aliphatic rings. The van der Waals surface area contributed by atoms with Gasteiger partial charge in [0, 0.05) is 25.6 Å². The zero-order chi connectivity index (χ0) is 14.1. The number of fused-ring (bicyclic) bond motifs is 1. The van der Waals surface area contributed by atoms with Crippen molar-refractivity contribution in [1.82, 2.24) is 4.90 Å². The summed E-state index contributed by atoms with van der Waals surface area (Å²) in [5.74, 6) is 0.694. The van der Waals surface area contributed by atoms with Gasteiger partial charge in [-0.1, -0.05) is 11.2 Å². The fourth-order valence-electron chi connectivity index (χ4n) is 2.86. The Morgan fingerprint density at radius 2 is 2.25 bits per heavy atom. The van der Waals surface area contributed by atoms with Gasteiger partial charge in [-0.15, -0.1) is 0 Å². The van der Waals surface area contributed by atoms with Gasteiger partial charge in [-0.2, -0.15) is 0 Å². The number of nitrogens with zero attached hydrogens (tertiary/aromatic N) is 2. The van der Waals surface area contributed by atoms with Crippen LogP contribution in [0.5, 0.6) is 5.75 Å². The van der Waals surface area contributed by atoms with Crippen molar-refractivity contribution in [3.63, 3.8) is 0 Å². The smallest absolute Gasteiger partial charge is 0.263 e. The summed E-state index contributed by atoms with van der Waals surface area (Å²) < 4.78 is 5.79. The summed E-state index contributed by atoms with van der Waals surface area (Å²) in [5.41, 5.74) is 2.81. The lowest BCUT2D eigenvalue weighted by molar-refractivity contribution is -0.132. The van der Waals surface area contributed by atoms with E-state index in [4.69, 9.17) is 9.94 Å². The van der Waals surface area contributed by atoms with Crippen molar-refractivity contribution in [2.75, 3.05) is 13.6 Å². The summed E-state index contributed by atoms with van der Waals surface area (Å²) in [4.78, 5) is 13.5. The van der Waals surface area contributed by atoms with Gasteiger partial charge in [0.1, 0.15) is 5.75 Å². The molecule has 0 bridgehead atoms. The number of hydrogen-bond donors (Lipinski definition) is 1. The molecule has 5 heteroatoms. The summed E-state index contributed by atoms with van der Waals surface area (Å²) in [6, 6.07) is 5.78. The maximum Gasteiger partial charge on any atom is 0.263 e. The average Bonchev–Trinajstić information content (AvgIpc) is 2.78.